The van der Waals surface area contributed by atoms with Crippen molar-refractivity contribution in [2.24, 2.45) is 0 Å². The fourth-order valence-corrected chi connectivity index (χ4v) is 3.40. The van der Waals surface area contributed by atoms with Gasteiger partial charge in [-0.05, 0) is 54.3 Å². The summed E-state index contributed by atoms with van der Waals surface area (Å²) in [4.78, 5) is 13.7. The Kier molecular flexibility index (Phi) is 5.24. The van der Waals surface area contributed by atoms with E-state index in [2.05, 4.69) is 70.6 Å². The van der Waals surface area contributed by atoms with Crippen LogP contribution in [0.2, 0.25) is 0 Å². The van der Waals surface area contributed by atoms with E-state index in [4.69, 9.17) is 4.98 Å². The molecule has 3 nitrogen and oxygen atoms in total. The first kappa shape index (κ1) is 18.1. The molecule has 0 atom stereocenters. The van der Waals surface area contributed by atoms with Gasteiger partial charge in [-0.3, -0.25) is 4.98 Å². The quantitative estimate of drug-likeness (QED) is 0.479. The zero-order chi connectivity index (χ0) is 19.3. The van der Waals surface area contributed by atoms with Gasteiger partial charge in [-0.25, -0.2) is 9.97 Å². The van der Waals surface area contributed by atoms with Crippen LogP contribution in [-0.2, 0) is 12.8 Å². The van der Waals surface area contributed by atoms with Crippen LogP contribution in [0.25, 0.3) is 11.1 Å². The van der Waals surface area contributed by atoms with Crippen LogP contribution in [0.3, 0.4) is 0 Å². The van der Waals surface area contributed by atoms with Crippen molar-refractivity contribution in [2.75, 3.05) is 0 Å². The second-order valence-electron chi connectivity index (χ2n) is 7.14. The minimum absolute atomic E-state index is 0.735. The number of pyridine rings is 1. The maximum Gasteiger partial charge on any atom is 0.133 e. The molecule has 0 aliphatic carbocycles. The Morgan fingerprint density at radius 2 is 1.39 bits per heavy atom. The van der Waals surface area contributed by atoms with Gasteiger partial charge in [0.1, 0.15) is 5.82 Å². The monoisotopic (exact) mass is 365 g/mol. The van der Waals surface area contributed by atoms with Crippen LogP contribution in [0.1, 0.15) is 34.0 Å². The van der Waals surface area contributed by atoms with E-state index in [1.807, 2.05) is 32.2 Å². The third-order valence-corrected chi connectivity index (χ3v) is 4.73. The van der Waals surface area contributed by atoms with Crippen LogP contribution in [0.5, 0.6) is 0 Å². The van der Waals surface area contributed by atoms with E-state index in [1.54, 1.807) is 0 Å². The highest BCUT2D eigenvalue weighted by molar-refractivity contribution is 5.63. The van der Waals surface area contributed by atoms with E-state index >= 15 is 0 Å². The summed E-state index contributed by atoms with van der Waals surface area (Å²) < 4.78 is 0. The highest BCUT2D eigenvalue weighted by Gasteiger charge is 2.06. The van der Waals surface area contributed by atoms with Crippen molar-refractivity contribution >= 4 is 0 Å². The smallest absolute Gasteiger partial charge is 0.133 e. The lowest BCUT2D eigenvalue weighted by Crippen LogP contribution is -2.03. The van der Waals surface area contributed by atoms with E-state index in [1.165, 1.54) is 22.3 Å². The molecule has 3 heteroatoms. The topological polar surface area (TPSA) is 38.7 Å². The van der Waals surface area contributed by atoms with Crippen LogP contribution >= 0.6 is 0 Å². The third kappa shape index (κ3) is 4.49. The second kappa shape index (κ2) is 8.13. The lowest BCUT2D eigenvalue weighted by Gasteiger charge is -2.08. The Labute approximate surface area is 166 Å². The standard InChI is InChI=1S/C25H23N3/c1-18-14-23(12-13-26-18)22-10-8-21(9-11-22)17-25-27-19(2)15-24(28-25)16-20-6-4-3-5-7-20/h3-15H,16-17H2,1-2H3. The Bertz CT molecular complexity index is 1070. The minimum atomic E-state index is 0.735. The maximum atomic E-state index is 4.80. The first-order valence-electron chi connectivity index (χ1n) is 9.55. The van der Waals surface area contributed by atoms with Gasteiger partial charge in [0.25, 0.3) is 0 Å². The molecule has 2 heterocycles. The second-order valence-corrected chi connectivity index (χ2v) is 7.14. The molecule has 0 aliphatic rings. The van der Waals surface area contributed by atoms with Crippen LogP contribution in [-0.4, -0.2) is 15.0 Å². The lowest BCUT2D eigenvalue weighted by atomic mass is 10.0. The zero-order valence-corrected chi connectivity index (χ0v) is 16.3. The largest absolute Gasteiger partial charge is 0.262 e. The Hall–Kier alpha value is -3.33. The van der Waals surface area contributed by atoms with Crippen LogP contribution in [0.15, 0.2) is 79.0 Å². The van der Waals surface area contributed by atoms with Crippen LogP contribution < -0.4 is 0 Å². The normalized spacial score (nSPS) is 10.8. The molecule has 2 aromatic carbocycles. The van der Waals surface area contributed by atoms with E-state index in [0.717, 1.165) is 35.7 Å². The third-order valence-electron chi connectivity index (χ3n) is 4.73. The van der Waals surface area contributed by atoms with Gasteiger partial charge >= 0.3 is 0 Å². The zero-order valence-electron chi connectivity index (χ0n) is 16.3. The van der Waals surface area contributed by atoms with Crippen molar-refractivity contribution in [3.8, 4) is 11.1 Å². The highest BCUT2D eigenvalue weighted by Crippen LogP contribution is 2.21. The molecule has 0 N–H and O–H groups in total. The summed E-state index contributed by atoms with van der Waals surface area (Å²) >= 11 is 0. The van der Waals surface area contributed by atoms with Gasteiger partial charge in [0.15, 0.2) is 0 Å². The van der Waals surface area contributed by atoms with Gasteiger partial charge in [0.05, 0.1) is 0 Å². The molecule has 0 bridgehead atoms. The Morgan fingerprint density at radius 3 is 2.14 bits per heavy atom. The molecule has 0 saturated carbocycles. The molecule has 0 unspecified atom stereocenters. The molecule has 4 aromatic rings. The molecular weight excluding hydrogens is 342 g/mol. The first-order chi connectivity index (χ1) is 13.7. The van der Waals surface area contributed by atoms with Crippen LogP contribution in [0.4, 0.5) is 0 Å². The summed E-state index contributed by atoms with van der Waals surface area (Å²) in [5, 5.41) is 0. The Morgan fingerprint density at radius 1 is 0.643 bits per heavy atom. The summed E-state index contributed by atoms with van der Waals surface area (Å²) in [5.41, 5.74) is 7.98. The minimum Gasteiger partial charge on any atom is -0.262 e. The lowest BCUT2D eigenvalue weighted by molar-refractivity contribution is 0.896. The first-order valence-corrected chi connectivity index (χ1v) is 9.55. The van der Waals surface area contributed by atoms with Crippen molar-refractivity contribution in [3.05, 3.63) is 113 Å². The Balaban J connectivity index is 1.52. The van der Waals surface area contributed by atoms with Crippen molar-refractivity contribution in [2.45, 2.75) is 26.7 Å². The summed E-state index contributed by atoms with van der Waals surface area (Å²) in [6.45, 7) is 4.05. The number of aryl methyl sites for hydroxylation is 2. The van der Waals surface area contributed by atoms with Gasteiger partial charge in [-0.1, -0.05) is 54.6 Å². The molecule has 138 valence electrons. The van der Waals surface area contributed by atoms with E-state index in [0.29, 0.717) is 0 Å². The number of aromatic nitrogens is 3. The van der Waals surface area contributed by atoms with Gasteiger partial charge in [-0.2, -0.15) is 0 Å². The number of nitrogens with zero attached hydrogens (tertiary/aromatic N) is 3. The van der Waals surface area contributed by atoms with Gasteiger partial charge in [0, 0.05) is 36.1 Å². The van der Waals surface area contributed by atoms with Crippen molar-refractivity contribution in [1.82, 2.24) is 15.0 Å². The van der Waals surface area contributed by atoms with E-state index < -0.39 is 0 Å². The van der Waals surface area contributed by atoms with Crippen LogP contribution in [0, 0.1) is 13.8 Å². The summed E-state index contributed by atoms with van der Waals surface area (Å²) in [6.07, 6.45) is 3.42. The molecule has 0 spiro atoms. The predicted molar refractivity (Wildman–Crippen MR) is 113 cm³/mol. The SMILES string of the molecule is Cc1cc(-c2ccc(Cc3nc(C)cc(Cc4ccccc4)n3)cc2)ccn1. The average molecular weight is 365 g/mol. The summed E-state index contributed by atoms with van der Waals surface area (Å²) in [6, 6.07) is 25.3. The van der Waals surface area contributed by atoms with Gasteiger partial charge < -0.3 is 0 Å². The van der Waals surface area contributed by atoms with Crippen molar-refractivity contribution in [3.63, 3.8) is 0 Å². The number of hydrogen-bond acceptors (Lipinski definition) is 3. The number of benzene rings is 2. The molecule has 2 aromatic heterocycles. The molecule has 28 heavy (non-hydrogen) atoms. The predicted octanol–water partition coefficient (Wildman–Crippen LogP) is 5.34. The number of hydrogen-bond donors (Lipinski definition) is 0. The van der Waals surface area contributed by atoms with Gasteiger partial charge in [0.2, 0.25) is 0 Å². The van der Waals surface area contributed by atoms with E-state index in [9.17, 15) is 0 Å². The fourth-order valence-electron chi connectivity index (χ4n) is 3.40. The maximum absolute atomic E-state index is 4.80. The summed E-state index contributed by atoms with van der Waals surface area (Å²) in [5.74, 6) is 0.874. The van der Waals surface area contributed by atoms with Gasteiger partial charge in [-0.15, -0.1) is 0 Å². The molecule has 0 radical (unpaired) electrons. The van der Waals surface area contributed by atoms with Crippen molar-refractivity contribution < 1.29 is 0 Å². The summed E-state index contributed by atoms with van der Waals surface area (Å²) in [7, 11) is 0. The molecular formula is C25H23N3. The van der Waals surface area contributed by atoms with Crippen molar-refractivity contribution in [1.29, 1.82) is 0 Å². The fraction of sp³-hybridized carbons (Fsp3) is 0.160. The molecule has 0 fully saturated rings. The van der Waals surface area contributed by atoms with E-state index in [-0.39, 0.29) is 0 Å². The molecule has 4 rings (SSSR count). The molecule has 0 aliphatic heterocycles. The molecule has 0 amide bonds. The molecule has 0 saturated heterocycles. The highest BCUT2D eigenvalue weighted by atomic mass is 14.9. The average Bonchev–Trinajstić information content (AvgIpc) is 2.69. The number of rotatable bonds is 5.